The Kier molecular flexibility index (Phi) is 4.18. The summed E-state index contributed by atoms with van der Waals surface area (Å²) < 4.78 is 0.954. The summed E-state index contributed by atoms with van der Waals surface area (Å²) in [6.07, 6.45) is 3.88. The number of fused-ring (bicyclic) bond motifs is 5. The monoisotopic (exact) mass is 404 g/mol. The second kappa shape index (κ2) is 6.24. The van der Waals surface area contributed by atoms with Crippen LogP contribution < -0.4 is 5.32 Å². The second-order valence-corrected chi connectivity index (χ2v) is 8.27. The number of halogens is 1. The van der Waals surface area contributed by atoms with E-state index in [1.54, 1.807) is 0 Å². The summed E-state index contributed by atoms with van der Waals surface area (Å²) in [5.41, 5.74) is 1.74. The fraction of sp³-hybridized carbons (Fsp3) is 0.526. The minimum atomic E-state index is -0.314. The van der Waals surface area contributed by atoms with Crippen molar-refractivity contribution in [3.63, 3.8) is 0 Å². The van der Waals surface area contributed by atoms with E-state index in [-0.39, 0.29) is 36.1 Å². The number of hydrogen-bond donors (Lipinski definition) is 1. The predicted octanol–water partition coefficient (Wildman–Crippen LogP) is 2.98. The first-order chi connectivity index (χ1) is 12.0. The molecule has 1 aromatic rings. The largest absolute Gasteiger partial charge is 0.324 e. The number of aryl methyl sites for hydroxylation is 1. The Morgan fingerprint density at radius 1 is 1.20 bits per heavy atom. The van der Waals surface area contributed by atoms with E-state index in [0.717, 1.165) is 41.4 Å². The second-order valence-electron chi connectivity index (χ2n) is 7.35. The molecule has 2 aliphatic carbocycles. The van der Waals surface area contributed by atoms with Crippen molar-refractivity contribution in [3.05, 3.63) is 28.2 Å². The van der Waals surface area contributed by atoms with Crippen LogP contribution in [0.5, 0.6) is 0 Å². The van der Waals surface area contributed by atoms with Gasteiger partial charge in [0.1, 0.15) is 6.54 Å². The summed E-state index contributed by atoms with van der Waals surface area (Å²) >= 11 is 3.42. The lowest BCUT2D eigenvalue weighted by Crippen LogP contribution is -2.39. The van der Waals surface area contributed by atoms with Gasteiger partial charge in [-0.2, -0.15) is 0 Å². The van der Waals surface area contributed by atoms with E-state index in [4.69, 9.17) is 0 Å². The van der Waals surface area contributed by atoms with Crippen LogP contribution in [-0.2, 0) is 20.8 Å². The zero-order valence-corrected chi connectivity index (χ0v) is 15.7. The fourth-order valence-electron chi connectivity index (χ4n) is 4.94. The molecule has 3 amide bonds. The van der Waals surface area contributed by atoms with Crippen LogP contribution in [0.25, 0.3) is 0 Å². The molecule has 4 atom stereocenters. The van der Waals surface area contributed by atoms with Crippen molar-refractivity contribution < 1.29 is 14.4 Å². The fourth-order valence-corrected chi connectivity index (χ4v) is 5.34. The lowest BCUT2D eigenvalue weighted by atomic mass is 9.81. The van der Waals surface area contributed by atoms with Gasteiger partial charge >= 0.3 is 0 Å². The number of hydrogen-bond acceptors (Lipinski definition) is 3. The molecule has 1 aliphatic heterocycles. The zero-order valence-electron chi connectivity index (χ0n) is 14.1. The van der Waals surface area contributed by atoms with Gasteiger partial charge in [0.15, 0.2) is 0 Å². The van der Waals surface area contributed by atoms with E-state index in [1.807, 2.05) is 25.1 Å². The van der Waals surface area contributed by atoms with E-state index >= 15 is 0 Å². The molecule has 1 saturated heterocycles. The molecule has 2 bridgehead atoms. The molecule has 3 aliphatic rings. The van der Waals surface area contributed by atoms with Crippen molar-refractivity contribution in [2.75, 3.05) is 11.9 Å². The minimum absolute atomic E-state index is 0.135. The summed E-state index contributed by atoms with van der Waals surface area (Å²) in [5, 5.41) is 2.85. The van der Waals surface area contributed by atoms with Crippen LogP contribution in [0.3, 0.4) is 0 Å². The summed E-state index contributed by atoms with van der Waals surface area (Å²) in [6, 6.07) is 5.66. The van der Waals surface area contributed by atoms with Gasteiger partial charge in [-0.1, -0.05) is 22.9 Å². The Balaban J connectivity index is 1.47. The maximum Gasteiger partial charge on any atom is 0.244 e. The standard InChI is InChI=1S/C19H21BrN2O3/c1-2-10-8-13(20)5-6-14(10)21-15(23)9-22-18(24)16-11-3-4-12(7-11)17(16)19(22)25/h5-6,8,11-12,16-17H,2-4,7,9H2,1H3,(H,21,23). The number of anilines is 1. The van der Waals surface area contributed by atoms with E-state index in [9.17, 15) is 14.4 Å². The van der Waals surface area contributed by atoms with Crippen LogP contribution in [0, 0.1) is 23.7 Å². The molecular weight excluding hydrogens is 384 g/mol. The summed E-state index contributed by atoms with van der Waals surface area (Å²) in [4.78, 5) is 39.0. The van der Waals surface area contributed by atoms with Gasteiger partial charge in [0.25, 0.3) is 0 Å². The van der Waals surface area contributed by atoms with Crippen molar-refractivity contribution in [3.8, 4) is 0 Å². The van der Waals surface area contributed by atoms with Gasteiger partial charge in [0.05, 0.1) is 11.8 Å². The van der Waals surface area contributed by atoms with Crippen molar-refractivity contribution >= 4 is 39.3 Å². The zero-order chi connectivity index (χ0) is 17.7. The highest BCUT2D eigenvalue weighted by Gasteiger charge is 2.60. The predicted molar refractivity (Wildman–Crippen MR) is 96.7 cm³/mol. The van der Waals surface area contributed by atoms with Gasteiger partial charge in [-0.05, 0) is 61.3 Å². The van der Waals surface area contributed by atoms with Crippen LogP contribution in [-0.4, -0.2) is 29.2 Å². The number of nitrogens with zero attached hydrogens (tertiary/aromatic N) is 1. The normalized spacial score (nSPS) is 30.1. The molecule has 5 nitrogen and oxygen atoms in total. The first kappa shape index (κ1) is 16.8. The van der Waals surface area contributed by atoms with Crippen molar-refractivity contribution in [1.82, 2.24) is 4.90 Å². The van der Waals surface area contributed by atoms with Gasteiger partial charge in [-0.3, -0.25) is 19.3 Å². The highest BCUT2D eigenvalue weighted by Crippen LogP contribution is 2.56. The van der Waals surface area contributed by atoms with Crippen molar-refractivity contribution in [2.24, 2.45) is 23.7 Å². The van der Waals surface area contributed by atoms with E-state index in [2.05, 4.69) is 21.2 Å². The highest BCUT2D eigenvalue weighted by atomic mass is 79.9. The summed E-state index contributed by atoms with van der Waals surface area (Å²) in [6.45, 7) is 1.84. The van der Waals surface area contributed by atoms with E-state index in [1.165, 1.54) is 4.90 Å². The van der Waals surface area contributed by atoms with Crippen LogP contribution >= 0.6 is 15.9 Å². The van der Waals surface area contributed by atoms with Crippen molar-refractivity contribution in [1.29, 1.82) is 0 Å². The molecule has 3 fully saturated rings. The maximum atomic E-state index is 12.7. The molecule has 0 aromatic heterocycles. The summed E-state index contributed by atoms with van der Waals surface area (Å²) in [5.74, 6) is -0.231. The van der Waals surface area contributed by atoms with Gasteiger partial charge in [-0.25, -0.2) is 0 Å². The number of amides is 3. The molecule has 0 spiro atoms. The highest BCUT2D eigenvalue weighted by molar-refractivity contribution is 9.10. The molecule has 1 N–H and O–H groups in total. The van der Waals surface area contributed by atoms with Gasteiger partial charge in [-0.15, -0.1) is 0 Å². The third-order valence-electron chi connectivity index (χ3n) is 6.04. The Labute approximate surface area is 155 Å². The Hall–Kier alpha value is -1.69. The first-order valence-electron chi connectivity index (χ1n) is 8.93. The first-order valence-corrected chi connectivity index (χ1v) is 9.72. The van der Waals surface area contributed by atoms with Gasteiger partial charge in [0, 0.05) is 10.2 Å². The molecule has 1 aromatic carbocycles. The Morgan fingerprint density at radius 2 is 1.84 bits per heavy atom. The average Bonchev–Trinajstić information content (AvgIpc) is 3.26. The van der Waals surface area contributed by atoms with E-state index < -0.39 is 0 Å². The van der Waals surface area contributed by atoms with Crippen LogP contribution in [0.4, 0.5) is 5.69 Å². The van der Waals surface area contributed by atoms with Crippen LogP contribution in [0.1, 0.15) is 31.7 Å². The molecule has 4 rings (SSSR count). The average molecular weight is 405 g/mol. The lowest BCUT2D eigenvalue weighted by molar-refractivity contribution is -0.143. The van der Waals surface area contributed by atoms with Crippen molar-refractivity contribution in [2.45, 2.75) is 32.6 Å². The third-order valence-corrected chi connectivity index (χ3v) is 6.54. The topological polar surface area (TPSA) is 66.5 Å². The number of nitrogens with one attached hydrogen (secondary N) is 1. The molecule has 0 radical (unpaired) electrons. The lowest BCUT2D eigenvalue weighted by Gasteiger charge is -2.19. The quantitative estimate of drug-likeness (QED) is 0.784. The molecular formula is C19H21BrN2O3. The summed E-state index contributed by atoms with van der Waals surface area (Å²) in [7, 11) is 0. The number of benzene rings is 1. The third kappa shape index (κ3) is 2.71. The van der Waals surface area contributed by atoms with Crippen LogP contribution in [0.15, 0.2) is 22.7 Å². The minimum Gasteiger partial charge on any atom is -0.324 e. The Bertz CT molecular complexity index is 735. The molecule has 132 valence electrons. The maximum absolute atomic E-state index is 12.7. The molecule has 6 heteroatoms. The molecule has 1 heterocycles. The number of carbonyl (C=O) groups is 3. The van der Waals surface area contributed by atoms with E-state index in [0.29, 0.717) is 11.8 Å². The SMILES string of the molecule is CCc1cc(Br)ccc1NC(=O)CN1C(=O)C2C3CCC(C3)C2C1=O. The number of likely N-dealkylation sites (tertiary alicyclic amines) is 1. The van der Waals surface area contributed by atoms with Crippen LogP contribution in [0.2, 0.25) is 0 Å². The number of carbonyl (C=O) groups excluding carboxylic acids is 3. The molecule has 2 saturated carbocycles. The van der Waals surface area contributed by atoms with Gasteiger partial charge < -0.3 is 5.32 Å². The number of rotatable bonds is 4. The Morgan fingerprint density at radius 3 is 2.44 bits per heavy atom. The molecule has 4 unspecified atom stereocenters. The number of imide groups is 1. The molecule has 25 heavy (non-hydrogen) atoms. The smallest absolute Gasteiger partial charge is 0.244 e. The van der Waals surface area contributed by atoms with Gasteiger partial charge in [0.2, 0.25) is 17.7 Å².